The summed E-state index contributed by atoms with van der Waals surface area (Å²) < 4.78 is 25.3. The molecule has 0 fully saturated rings. The maximum Gasteiger partial charge on any atom is 0.185 e. The van der Waals surface area contributed by atoms with E-state index >= 15 is 0 Å². The Morgan fingerprint density at radius 2 is 0.844 bits per heavy atom. The number of nitrogens with one attached hydrogen (secondary N) is 4. The molecule has 0 unspecified atom stereocenters. The molecule has 480 valence electrons. The van der Waals surface area contributed by atoms with Crippen molar-refractivity contribution in [1.29, 1.82) is 0 Å². The average Bonchev–Trinajstić information content (AvgIpc) is 1.59. The van der Waals surface area contributed by atoms with Crippen LogP contribution in [0.25, 0.3) is 56.4 Å². The van der Waals surface area contributed by atoms with E-state index in [-0.39, 0.29) is 5.82 Å². The number of hydrogen-bond donors (Lipinski definition) is 4. The maximum atomic E-state index is 14.2. The van der Waals surface area contributed by atoms with Gasteiger partial charge in [0.25, 0.3) is 0 Å². The molecule has 21 nitrogen and oxygen atoms in total. The monoisotopic (exact) mass is 1550 g/mol. The quantitative estimate of drug-likeness (QED) is 0.0520. The van der Waals surface area contributed by atoms with Gasteiger partial charge >= 0.3 is 0 Å². The second kappa shape index (κ2) is 31.0. The van der Waals surface area contributed by atoms with Crippen molar-refractivity contribution in [1.82, 2.24) is 73.3 Å². The number of nitrogens with zero attached hydrogens (tertiary/aromatic N) is 16. The maximum absolute atomic E-state index is 14.2. The number of halogens is 6. The van der Waals surface area contributed by atoms with Crippen molar-refractivity contribution in [2.75, 3.05) is 21.3 Å². The standard InChI is InChI=1S/C18H13BrClN5.C18H13BrFN5.C18H14BrN5.C15H16BrN5O/c2*19-14-11-23-25-17(22-10-12-4-3-7-21-9-12)8-16(24-18(14)25)13-5-1-2-6-15(13)20;19-15-12-22-24-17(21-11-13-5-4-8-20-10-13)9-16(23-18(15)24)14-6-2-1-3-7-14;1-10(2)13-6-14(21-15(19-13)12(16)8-18-21)17-7-11-4-3-5-20(22)9-11/h2*1-9,11,22H,10H2;1-10,12,21H,11H2;3-6,8-10,17H,7H2,1-2H3. The number of anilines is 4. The molecule has 0 aliphatic rings. The zero-order valence-electron chi connectivity index (χ0n) is 51.1. The van der Waals surface area contributed by atoms with Gasteiger partial charge in [-0.15, -0.1) is 0 Å². The molecule has 0 radical (unpaired) electrons. The van der Waals surface area contributed by atoms with Gasteiger partial charge in [0.2, 0.25) is 0 Å². The Bertz CT molecular complexity index is 4960. The first-order chi connectivity index (χ1) is 46.8. The van der Waals surface area contributed by atoms with Crippen LogP contribution in [-0.4, -0.2) is 73.3 Å². The molecule has 0 atom stereocenters. The van der Waals surface area contributed by atoms with Crippen molar-refractivity contribution in [3.8, 4) is 33.8 Å². The fraction of sp³-hybridized carbons (Fsp3) is 0.101. The minimum Gasteiger partial charge on any atom is -0.619 e. The molecule has 0 bridgehead atoms. The van der Waals surface area contributed by atoms with Gasteiger partial charge in [-0.2, -0.15) is 43.2 Å². The molecule has 0 spiro atoms. The summed E-state index contributed by atoms with van der Waals surface area (Å²) in [5, 5.41) is 42.9. The lowest BCUT2D eigenvalue weighted by atomic mass is 10.1. The van der Waals surface area contributed by atoms with Crippen LogP contribution in [-0.2, 0) is 26.2 Å². The van der Waals surface area contributed by atoms with Crippen LogP contribution >= 0.6 is 75.3 Å². The number of benzene rings is 3. The van der Waals surface area contributed by atoms with Gasteiger partial charge in [-0.3, -0.25) is 15.0 Å². The molecular weight excluding hydrogens is 1500 g/mol. The summed E-state index contributed by atoms with van der Waals surface area (Å²) >= 11 is 20.3. The second-order valence-electron chi connectivity index (χ2n) is 21.6. The molecular formula is C69H56Br4ClFN20O. The third-order valence-corrected chi connectivity index (χ3v) is 17.2. The molecule has 15 rings (SSSR count). The van der Waals surface area contributed by atoms with E-state index in [1.54, 1.807) is 104 Å². The fourth-order valence-electron chi connectivity index (χ4n) is 9.82. The summed E-state index contributed by atoms with van der Waals surface area (Å²) in [6, 6.07) is 47.5. The first-order valence-electron chi connectivity index (χ1n) is 29.8. The van der Waals surface area contributed by atoms with Gasteiger partial charge in [0.15, 0.2) is 35.0 Å². The molecule has 15 aromatic rings. The number of hydrogen-bond acceptors (Lipinski definition) is 16. The topological polar surface area (TPSA) is 234 Å². The van der Waals surface area contributed by atoms with Crippen molar-refractivity contribution >= 4 is 121 Å². The first kappa shape index (κ1) is 65.9. The molecule has 0 aliphatic carbocycles. The molecule has 0 saturated heterocycles. The number of pyridine rings is 4. The van der Waals surface area contributed by atoms with Gasteiger partial charge in [-0.1, -0.05) is 104 Å². The van der Waals surface area contributed by atoms with E-state index in [1.165, 1.54) is 12.3 Å². The molecule has 0 amide bonds. The summed E-state index contributed by atoms with van der Waals surface area (Å²) in [6.45, 7) is 6.61. The van der Waals surface area contributed by atoms with Crippen LogP contribution in [0, 0.1) is 11.0 Å². The zero-order chi connectivity index (χ0) is 66.5. The molecule has 4 N–H and O–H groups in total. The van der Waals surface area contributed by atoms with E-state index in [0.717, 1.165) is 113 Å². The highest BCUT2D eigenvalue weighted by atomic mass is 79.9. The van der Waals surface area contributed by atoms with Crippen molar-refractivity contribution in [3.63, 3.8) is 0 Å². The van der Waals surface area contributed by atoms with Crippen LogP contribution in [0.15, 0.2) is 244 Å². The van der Waals surface area contributed by atoms with Crippen LogP contribution < -0.4 is 26.0 Å². The van der Waals surface area contributed by atoms with E-state index in [9.17, 15) is 9.60 Å². The van der Waals surface area contributed by atoms with E-state index in [4.69, 9.17) is 21.6 Å². The highest BCUT2D eigenvalue weighted by Crippen LogP contribution is 2.33. The van der Waals surface area contributed by atoms with Crippen molar-refractivity contribution in [2.45, 2.75) is 45.9 Å². The Morgan fingerprint density at radius 3 is 1.29 bits per heavy atom. The van der Waals surface area contributed by atoms with Crippen LogP contribution in [0.5, 0.6) is 0 Å². The molecule has 12 heterocycles. The Labute approximate surface area is 588 Å². The highest BCUT2D eigenvalue weighted by Gasteiger charge is 2.18. The van der Waals surface area contributed by atoms with Crippen LogP contribution in [0.2, 0.25) is 5.02 Å². The minimum atomic E-state index is -0.312. The Balaban J connectivity index is 0.000000122. The Kier molecular flexibility index (Phi) is 21.3. The lowest BCUT2D eigenvalue weighted by Crippen LogP contribution is -2.25. The predicted octanol–water partition coefficient (Wildman–Crippen LogP) is 16.2. The van der Waals surface area contributed by atoms with Crippen molar-refractivity contribution in [3.05, 3.63) is 288 Å². The zero-order valence-corrected chi connectivity index (χ0v) is 58.2. The van der Waals surface area contributed by atoms with Crippen LogP contribution in [0.1, 0.15) is 47.7 Å². The summed E-state index contributed by atoms with van der Waals surface area (Å²) in [7, 11) is 0. The summed E-state index contributed by atoms with van der Waals surface area (Å²) in [5.74, 6) is 3.28. The molecule has 27 heteroatoms. The molecule has 0 aliphatic heterocycles. The van der Waals surface area contributed by atoms with Gasteiger partial charge in [0.1, 0.15) is 29.1 Å². The number of fused-ring (bicyclic) bond motifs is 4. The van der Waals surface area contributed by atoms with Gasteiger partial charge in [0, 0.05) is 127 Å². The smallest absolute Gasteiger partial charge is 0.185 e. The molecule has 0 saturated carbocycles. The first-order valence-corrected chi connectivity index (χ1v) is 33.4. The third kappa shape index (κ3) is 16.0. The van der Waals surface area contributed by atoms with Crippen molar-refractivity contribution < 1.29 is 9.12 Å². The molecule has 12 aromatic heterocycles. The molecule has 96 heavy (non-hydrogen) atoms. The normalized spacial score (nSPS) is 11.0. The van der Waals surface area contributed by atoms with E-state index < -0.39 is 0 Å². The molecule has 3 aromatic carbocycles. The summed E-state index contributed by atoms with van der Waals surface area (Å²) in [5.41, 5.74) is 12.6. The third-order valence-electron chi connectivity index (χ3n) is 14.6. The van der Waals surface area contributed by atoms with Gasteiger partial charge in [-0.25, -0.2) is 24.3 Å². The van der Waals surface area contributed by atoms with E-state index in [1.807, 2.05) is 128 Å². The Hall–Kier alpha value is -10.1. The largest absolute Gasteiger partial charge is 0.619 e. The summed E-state index contributed by atoms with van der Waals surface area (Å²) in [4.78, 5) is 31.0. The lowest BCUT2D eigenvalue weighted by molar-refractivity contribution is -0.605. The predicted molar refractivity (Wildman–Crippen MR) is 386 cm³/mol. The summed E-state index contributed by atoms with van der Waals surface area (Å²) in [6.07, 6.45) is 20.6. The lowest BCUT2D eigenvalue weighted by Gasteiger charge is -2.12. The highest BCUT2D eigenvalue weighted by molar-refractivity contribution is 9.11. The van der Waals surface area contributed by atoms with Gasteiger partial charge < -0.3 is 26.5 Å². The minimum absolute atomic E-state index is 0.312. The average molecular weight is 1560 g/mol. The van der Waals surface area contributed by atoms with E-state index in [0.29, 0.717) is 54.0 Å². The van der Waals surface area contributed by atoms with E-state index in [2.05, 4.69) is 144 Å². The van der Waals surface area contributed by atoms with Crippen LogP contribution in [0.4, 0.5) is 27.7 Å². The van der Waals surface area contributed by atoms with Crippen molar-refractivity contribution in [2.24, 2.45) is 0 Å². The Morgan fingerprint density at radius 1 is 0.448 bits per heavy atom. The van der Waals surface area contributed by atoms with Crippen LogP contribution in [0.3, 0.4) is 0 Å². The number of aromatic nitrogens is 16. The second-order valence-corrected chi connectivity index (χ2v) is 25.4. The SMILES string of the molecule is Brc1cnn2c(NCc3cccnc3)cc(-c3ccccc3)nc12.CC(C)c1cc(NCc2ccc[n+]([O-])c2)n2ncc(Br)c2n1.Clc1ccccc1-c1cc(NCc2cccnc2)n2ncc(Br)c2n1.Fc1ccccc1-c1cc(NCc2cccnc2)n2ncc(Br)c2n1. The van der Waals surface area contributed by atoms with Gasteiger partial charge in [-0.05, 0) is 129 Å². The fourth-order valence-corrected chi connectivity index (χ4v) is 11.4. The number of rotatable bonds is 16. The van der Waals surface area contributed by atoms with Gasteiger partial charge in [0.05, 0.1) is 59.8 Å².